The van der Waals surface area contributed by atoms with Crippen LogP contribution in [0.25, 0.3) is 0 Å². The number of nitrogens with zero attached hydrogens (tertiary/aromatic N) is 2. The van der Waals surface area contributed by atoms with Crippen molar-refractivity contribution < 1.29 is 4.79 Å². The fourth-order valence-corrected chi connectivity index (χ4v) is 2.82. The van der Waals surface area contributed by atoms with Crippen molar-refractivity contribution in [2.24, 2.45) is 5.92 Å². The normalized spacial score (nSPS) is 18.9. The van der Waals surface area contributed by atoms with Crippen LogP contribution in [0.3, 0.4) is 0 Å². The number of carbonyl (C=O) groups excluding carboxylic acids is 1. The number of piperidine rings is 1. The maximum Gasteiger partial charge on any atom is 0.253 e. The molecule has 1 aliphatic heterocycles. The molecule has 1 amide bonds. The first kappa shape index (κ1) is 13.9. The third-order valence-electron chi connectivity index (χ3n) is 3.58. The zero-order valence-electron chi connectivity index (χ0n) is 10.8. The lowest BCUT2D eigenvalue weighted by Gasteiger charge is -2.32. The Morgan fingerprint density at radius 2 is 2.16 bits per heavy atom. The number of rotatable bonds is 3. The third kappa shape index (κ3) is 3.48. The van der Waals surface area contributed by atoms with Gasteiger partial charge in [0.05, 0.1) is 11.6 Å². The van der Waals surface area contributed by atoms with Gasteiger partial charge >= 0.3 is 0 Å². The number of carbonyl (C=O) groups is 1. The standard InChI is InChI=1S/C15H17ClN2O/c16-8-7-13-2-1-9-18(11-13)15(19)14-5-3-12(10-17)4-6-14/h3-6,13H,1-2,7-9,11H2. The number of hydrogen-bond donors (Lipinski definition) is 0. The van der Waals surface area contributed by atoms with Gasteiger partial charge < -0.3 is 4.90 Å². The van der Waals surface area contributed by atoms with E-state index in [4.69, 9.17) is 16.9 Å². The highest BCUT2D eigenvalue weighted by molar-refractivity contribution is 6.17. The van der Waals surface area contributed by atoms with E-state index in [0.717, 1.165) is 32.4 Å². The molecular weight excluding hydrogens is 260 g/mol. The van der Waals surface area contributed by atoms with Crippen molar-refractivity contribution in [2.75, 3.05) is 19.0 Å². The lowest BCUT2D eigenvalue weighted by Crippen LogP contribution is -2.40. The fourth-order valence-electron chi connectivity index (χ4n) is 2.51. The number of hydrogen-bond acceptors (Lipinski definition) is 2. The number of halogens is 1. The second-order valence-corrected chi connectivity index (χ2v) is 5.30. The second-order valence-electron chi connectivity index (χ2n) is 4.93. The lowest BCUT2D eigenvalue weighted by atomic mass is 9.95. The van der Waals surface area contributed by atoms with E-state index in [-0.39, 0.29) is 5.91 Å². The predicted molar refractivity (Wildman–Crippen MR) is 75.1 cm³/mol. The summed E-state index contributed by atoms with van der Waals surface area (Å²) < 4.78 is 0. The average Bonchev–Trinajstić information content (AvgIpc) is 2.47. The topological polar surface area (TPSA) is 44.1 Å². The van der Waals surface area contributed by atoms with Crippen LogP contribution in [0.2, 0.25) is 0 Å². The summed E-state index contributed by atoms with van der Waals surface area (Å²) in [5.74, 6) is 1.24. The van der Waals surface area contributed by atoms with Gasteiger partial charge in [-0.05, 0) is 49.4 Å². The molecule has 4 heteroatoms. The Kier molecular flexibility index (Phi) is 4.81. The molecule has 0 spiro atoms. The van der Waals surface area contributed by atoms with Crippen molar-refractivity contribution in [3.8, 4) is 6.07 Å². The minimum Gasteiger partial charge on any atom is -0.338 e. The number of likely N-dealkylation sites (tertiary alicyclic amines) is 1. The molecule has 2 rings (SSSR count). The van der Waals surface area contributed by atoms with Gasteiger partial charge in [-0.1, -0.05) is 0 Å². The van der Waals surface area contributed by atoms with Crippen LogP contribution < -0.4 is 0 Å². The Morgan fingerprint density at radius 3 is 2.79 bits per heavy atom. The van der Waals surface area contributed by atoms with Crippen molar-refractivity contribution in [3.63, 3.8) is 0 Å². The summed E-state index contributed by atoms with van der Waals surface area (Å²) in [6.45, 7) is 1.61. The van der Waals surface area contributed by atoms with E-state index >= 15 is 0 Å². The lowest BCUT2D eigenvalue weighted by molar-refractivity contribution is 0.0671. The number of alkyl halides is 1. The zero-order valence-corrected chi connectivity index (χ0v) is 11.6. The summed E-state index contributed by atoms with van der Waals surface area (Å²) in [5, 5.41) is 8.75. The molecule has 100 valence electrons. The molecular formula is C15H17ClN2O. The van der Waals surface area contributed by atoms with Crippen LogP contribution in [-0.4, -0.2) is 29.8 Å². The molecule has 0 radical (unpaired) electrons. The maximum atomic E-state index is 12.4. The van der Waals surface area contributed by atoms with E-state index < -0.39 is 0 Å². The molecule has 3 nitrogen and oxygen atoms in total. The van der Waals surface area contributed by atoms with E-state index in [2.05, 4.69) is 6.07 Å². The Morgan fingerprint density at radius 1 is 1.42 bits per heavy atom. The van der Waals surface area contributed by atoms with Gasteiger partial charge in [0.15, 0.2) is 0 Å². The Bertz CT molecular complexity index is 476. The molecule has 1 fully saturated rings. The third-order valence-corrected chi connectivity index (χ3v) is 3.80. The van der Waals surface area contributed by atoms with E-state index in [1.54, 1.807) is 24.3 Å². The van der Waals surface area contributed by atoms with Crippen molar-refractivity contribution in [1.29, 1.82) is 5.26 Å². The van der Waals surface area contributed by atoms with Crippen molar-refractivity contribution in [3.05, 3.63) is 35.4 Å². The highest BCUT2D eigenvalue weighted by Gasteiger charge is 2.23. The van der Waals surface area contributed by atoms with Gasteiger partial charge in [-0.2, -0.15) is 5.26 Å². The number of benzene rings is 1. The molecule has 0 saturated carbocycles. The van der Waals surface area contributed by atoms with Gasteiger partial charge in [0.1, 0.15) is 0 Å². The van der Waals surface area contributed by atoms with Crippen molar-refractivity contribution >= 4 is 17.5 Å². The maximum absolute atomic E-state index is 12.4. The summed E-state index contributed by atoms with van der Waals surface area (Å²) in [7, 11) is 0. The molecule has 0 aromatic heterocycles. The summed E-state index contributed by atoms with van der Waals surface area (Å²) in [5.41, 5.74) is 1.24. The van der Waals surface area contributed by atoms with E-state index in [1.807, 2.05) is 4.90 Å². The average molecular weight is 277 g/mol. The zero-order chi connectivity index (χ0) is 13.7. The molecule has 1 aliphatic rings. The van der Waals surface area contributed by atoms with Crippen LogP contribution in [0.15, 0.2) is 24.3 Å². The summed E-state index contributed by atoms with van der Waals surface area (Å²) in [6, 6.07) is 8.89. The molecule has 0 aliphatic carbocycles. The van der Waals surface area contributed by atoms with Gasteiger partial charge in [-0.15, -0.1) is 11.6 Å². The predicted octanol–water partition coefficient (Wildman–Crippen LogP) is 3.04. The van der Waals surface area contributed by atoms with Crippen molar-refractivity contribution in [1.82, 2.24) is 4.90 Å². The Hall–Kier alpha value is -1.53. The first-order chi connectivity index (χ1) is 9.24. The SMILES string of the molecule is N#Cc1ccc(C(=O)N2CCCC(CCCl)C2)cc1. The Labute approximate surface area is 118 Å². The second kappa shape index (κ2) is 6.58. The molecule has 1 aromatic rings. The number of nitriles is 1. The molecule has 1 saturated heterocycles. The van der Waals surface area contributed by atoms with Gasteiger partial charge in [-0.25, -0.2) is 0 Å². The summed E-state index contributed by atoms with van der Waals surface area (Å²) in [4.78, 5) is 14.3. The van der Waals surface area contributed by atoms with Crippen LogP contribution in [0, 0.1) is 17.2 Å². The fraction of sp³-hybridized carbons (Fsp3) is 0.467. The smallest absolute Gasteiger partial charge is 0.253 e. The minimum absolute atomic E-state index is 0.0590. The van der Waals surface area contributed by atoms with Gasteiger partial charge in [0.2, 0.25) is 0 Å². The quantitative estimate of drug-likeness (QED) is 0.797. The monoisotopic (exact) mass is 276 g/mol. The van der Waals surface area contributed by atoms with Crippen LogP contribution in [0.4, 0.5) is 0 Å². The first-order valence-corrected chi connectivity index (χ1v) is 7.13. The van der Waals surface area contributed by atoms with Gasteiger partial charge in [-0.3, -0.25) is 4.79 Å². The summed E-state index contributed by atoms with van der Waals surface area (Å²) >= 11 is 5.78. The van der Waals surface area contributed by atoms with Crippen LogP contribution in [-0.2, 0) is 0 Å². The van der Waals surface area contributed by atoms with Crippen molar-refractivity contribution in [2.45, 2.75) is 19.3 Å². The van der Waals surface area contributed by atoms with Crippen LogP contribution in [0.5, 0.6) is 0 Å². The Balaban J connectivity index is 2.04. The summed E-state index contributed by atoms with van der Waals surface area (Å²) in [6.07, 6.45) is 3.17. The van der Waals surface area contributed by atoms with E-state index in [0.29, 0.717) is 22.9 Å². The largest absolute Gasteiger partial charge is 0.338 e. The van der Waals surface area contributed by atoms with E-state index in [1.165, 1.54) is 0 Å². The van der Waals surface area contributed by atoms with E-state index in [9.17, 15) is 4.79 Å². The molecule has 1 atom stereocenters. The molecule has 1 unspecified atom stereocenters. The molecule has 0 bridgehead atoms. The molecule has 19 heavy (non-hydrogen) atoms. The molecule has 1 aromatic carbocycles. The van der Waals surface area contributed by atoms with Crippen LogP contribution >= 0.6 is 11.6 Å². The highest BCUT2D eigenvalue weighted by atomic mass is 35.5. The minimum atomic E-state index is 0.0590. The van der Waals surface area contributed by atoms with Gasteiger partial charge in [0.25, 0.3) is 5.91 Å². The molecule has 0 N–H and O–H groups in total. The van der Waals surface area contributed by atoms with Crippen LogP contribution in [0.1, 0.15) is 35.2 Å². The first-order valence-electron chi connectivity index (χ1n) is 6.60. The van der Waals surface area contributed by atoms with Gasteiger partial charge in [0, 0.05) is 24.5 Å². The number of amides is 1. The highest BCUT2D eigenvalue weighted by Crippen LogP contribution is 2.21. The molecule has 1 heterocycles.